The van der Waals surface area contributed by atoms with Gasteiger partial charge in [0.25, 0.3) is 11.6 Å². The number of nitro groups is 1. The molecule has 11 heteroatoms. The summed E-state index contributed by atoms with van der Waals surface area (Å²) in [6.07, 6.45) is 1.27. The summed E-state index contributed by atoms with van der Waals surface area (Å²) in [5.74, 6) is -1.67. The second-order valence-electron chi connectivity index (χ2n) is 7.12. The van der Waals surface area contributed by atoms with Gasteiger partial charge in [-0.25, -0.2) is 4.79 Å². The first kappa shape index (κ1) is 25.7. The molecule has 3 aromatic rings. The van der Waals surface area contributed by atoms with Crippen LogP contribution in [0.15, 0.2) is 66.2 Å². The Morgan fingerprint density at radius 3 is 2.47 bits per heavy atom. The predicted octanol–water partition coefficient (Wildman–Crippen LogP) is 5.12. The summed E-state index contributed by atoms with van der Waals surface area (Å²) in [7, 11) is 0. The quantitative estimate of drug-likeness (QED) is 0.0810. The van der Waals surface area contributed by atoms with E-state index in [1.807, 2.05) is 0 Å². The van der Waals surface area contributed by atoms with Crippen molar-refractivity contribution in [3.8, 4) is 23.3 Å². The average Bonchev–Trinajstić information content (AvgIpc) is 2.85. The Morgan fingerprint density at radius 2 is 1.86 bits per heavy atom. The van der Waals surface area contributed by atoms with E-state index < -0.39 is 22.5 Å². The molecule has 0 heterocycles. The summed E-state index contributed by atoms with van der Waals surface area (Å²) in [5, 5.41) is 33.0. The molecule has 2 N–H and O–H groups in total. The van der Waals surface area contributed by atoms with Gasteiger partial charge in [-0.2, -0.15) is 5.26 Å². The number of phenols is 1. The molecule has 3 aromatic carbocycles. The fraction of sp³-hybridized carbons (Fsp3) is 0.0800. The van der Waals surface area contributed by atoms with Gasteiger partial charge in [0, 0.05) is 11.1 Å². The largest absolute Gasteiger partial charge is 0.506 e. The van der Waals surface area contributed by atoms with Gasteiger partial charge in [0.05, 0.1) is 28.8 Å². The van der Waals surface area contributed by atoms with Crippen LogP contribution in [-0.4, -0.2) is 28.5 Å². The third-order valence-corrected chi connectivity index (χ3v) is 4.92. The highest BCUT2D eigenvalue weighted by Crippen LogP contribution is 2.31. The number of halogens is 1. The Labute approximate surface area is 210 Å². The molecular formula is C25H18ClN3O7. The minimum Gasteiger partial charge on any atom is -0.506 e. The number of phenolic OH excluding ortho intramolecular Hbond substituents is 1. The molecule has 1 amide bonds. The second-order valence-corrected chi connectivity index (χ2v) is 7.55. The number of amides is 1. The molecule has 0 aromatic heterocycles. The standard InChI is InChI=1S/C25H18ClN3O7/c1-2-35-23-12-15(3-10-22(23)36-25(32)16-4-6-18(26)7-5-16)11-17(14-27)24(31)28-20-9-8-19(29(33)34)13-21(20)30/h3-13,30H,2H2,1H3,(H,28,31). The number of nitrogens with one attached hydrogen (secondary N) is 1. The summed E-state index contributed by atoms with van der Waals surface area (Å²) in [6.45, 7) is 1.99. The van der Waals surface area contributed by atoms with Gasteiger partial charge in [-0.05, 0) is 61.0 Å². The highest BCUT2D eigenvalue weighted by atomic mass is 35.5. The number of nitrogens with zero attached hydrogens (tertiary/aromatic N) is 2. The number of ether oxygens (including phenoxy) is 2. The second kappa shape index (κ2) is 11.5. The van der Waals surface area contributed by atoms with Crippen molar-refractivity contribution in [2.75, 3.05) is 11.9 Å². The monoisotopic (exact) mass is 507 g/mol. The van der Waals surface area contributed by atoms with E-state index in [1.54, 1.807) is 25.1 Å². The van der Waals surface area contributed by atoms with Crippen molar-refractivity contribution in [3.05, 3.63) is 92.5 Å². The highest BCUT2D eigenvalue weighted by molar-refractivity contribution is 6.30. The molecule has 0 bridgehead atoms. The van der Waals surface area contributed by atoms with Gasteiger partial charge in [-0.1, -0.05) is 17.7 Å². The fourth-order valence-corrected chi connectivity index (χ4v) is 3.08. The molecule has 0 saturated carbocycles. The number of carbonyl (C=O) groups is 2. The van der Waals surface area contributed by atoms with Crippen LogP contribution in [0, 0.1) is 21.4 Å². The van der Waals surface area contributed by atoms with Crippen LogP contribution in [0.1, 0.15) is 22.8 Å². The number of nitro benzene ring substituents is 1. The van der Waals surface area contributed by atoms with Gasteiger partial charge in [-0.3, -0.25) is 14.9 Å². The maximum atomic E-state index is 12.6. The van der Waals surface area contributed by atoms with Gasteiger partial charge in [0.1, 0.15) is 17.4 Å². The Kier molecular flexibility index (Phi) is 8.22. The minimum absolute atomic E-state index is 0.105. The van der Waals surface area contributed by atoms with Crippen LogP contribution in [-0.2, 0) is 4.79 Å². The number of anilines is 1. The predicted molar refractivity (Wildman–Crippen MR) is 131 cm³/mol. The van der Waals surface area contributed by atoms with Gasteiger partial charge in [-0.15, -0.1) is 0 Å². The normalized spacial score (nSPS) is 10.8. The number of hydrogen-bond acceptors (Lipinski definition) is 8. The molecule has 0 aliphatic rings. The molecule has 10 nitrogen and oxygen atoms in total. The van der Waals surface area contributed by atoms with Crippen molar-refractivity contribution >= 4 is 40.9 Å². The van der Waals surface area contributed by atoms with Crippen LogP contribution in [0.3, 0.4) is 0 Å². The van der Waals surface area contributed by atoms with E-state index in [0.29, 0.717) is 10.6 Å². The lowest BCUT2D eigenvalue weighted by atomic mass is 10.1. The molecule has 0 radical (unpaired) electrons. The molecule has 0 spiro atoms. The average molecular weight is 508 g/mol. The van der Waals surface area contributed by atoms with Crippen LogP contribution in [0.5, 0.6) is 17.2 Å². The topological polar surface area (TPSA) is 152 Å². The van der Waals surface area contributed by atoms with Crippen LogP contribution in [0.25, 0.3) is 6.08 Å². The van der Waals surface area contributed by atoms with Crippen molar-refractivity contribution < 1.29 is 29.1 Å². The van der Waals surface area contributed by atoms with Gasteiger partial charge >= 0.3 is 5.97 Å². The van der Waals surface area contributed by atoms with E-state index in [1.165, 1.54) is 36.4 Å². The van der Waals surface area contributed by atoms with E-state index in [4.69, 9.17) is 21.1 Å². The van der Waals surface area contributed by atoms with E-state index in [0.717, 1.165) is 18.2 Å². The molecule has 36 heavy (non-hydrogen) atoms. The third kappa shape index (κ3) is 6.37. The molecular weight excluding hydrogens is 490 g/mol. The van der Waals surface area contributed by atoms with E-state index in [-0.39, 0.29) is 40.6 Å². The Balaban J connectivity index is 1.82. The number of rotatable bonds is 8. The zero-order valence-electron chi connectivity index (χ0n) is 18.7. The molecule has 0 atom stereocenters. The number of esters is 1. The maximum absolute atomic E-state index is 12.6. The highest BCUT2D eigenvalue weighted by Gasteiger charge is 2.17. The number of benzene rings is 3. The van der Waals surface area contributed by atoms with E-state index in [9.17, 15) is 30.1 Å². The summed E-state index contributed by atoms with van der Waals surface area (Å²) in [6, 6.07) is 15.5. The Hall–Kier alpha value is -4.88. The number of nitriles is 1. The van der Waals surface area contributed by atoms with Crippen LogP contribution in [0.2, 0.25) is 5.02 Å². The third-order valence-electron chi connectivity index (χ3n) is 4.67. The number of hydrogen-bond donors (Lipinski definition) is 2. The smallest absolute Gasteiger partial charge is 0.343 e. The minimum atomic E-state index is -0.849. The van der Waals surface area contributed by atoms with Crippen LogP contribution < -0.4 is 14.8 Å². The first-order chi connectivity index (χ1) is 17.2. The lowest BCUT2D eigenvalue weighted by molar-refractivity contribution is -0.384. The SMILES string of the molecule is CCOc1cc(C=C(C#N)C(=O)Nc2ccc([N+](=O)[O-])cc2O)ccc1OC(=O)c1ccc(Cl)cc1. The van der Waals surface area contributed by atoms with Crippen molar-refractivity contribution in [1.82, 2.24) is 0 Å². The Morgan fingerprint density at radius 1 is 1.14 bits per heavy atom. The van der Waals surface area contributed by atoms with Crippen molar-refractivity contribution in [3.63, 3.8) is 0 Å². The molecule has 182 valence electrons. The summed E-state index contributed by atoms with van der Waals surface area (Å²) in [4.78, 5) is 35.1. The number of aromatic hydroxyl groups is 1. The first-order valence-corrected chi connectivity index (χ1v) is 10.7. The molecule has 0 fully saturated rings. The number of carbonyl (C=O) groups excluding carboxylic acids is 2. The van der Waals surface area contributed by atoms with Gasteiger partial charge in [0.15, 0.2) is 11.5 Å². The van der Waals surface area contributed by atoms with Crippen LogP contribution >= 0.6 is 11.6 Å². The lowest BCUT2D eigenvalue weighted by Crippen LogP contribution is -2.13. The molecule has 0 aliphatic heterocycles. The Bertz CT molecular complexity index is 1400. The maximum Gasteiger partial charge on any atom is 0.343 e. The van der Waals surface area contributed by atoms with Crippen molar-refractivity contribution in [2.45, 2.75) is 6.92 Å². The van der Waals surface area contributed by atoms with Gasteiger partial charge in [0.2, 0.25) is 0 Å². The molecule has 0 unspecified atom stereocenters. The van der Waals surface area contributed by atoms with Crippen LogP contribution in [0.4, 0.5) is 11.4 Å². The van der Waals surface area contributed by atoms with E-state index >= 15 is 0 Å². The molecule has 0 saturated heterocycles. The molecule has 3 rings (SSSR count). The van der Waals surface area contributed by atoms with Crippen molar-refractivity contribution in [1.29, 1.82) is 5.26 Å². The summed E-state index contributed by atoms with van der Waals surface area (Å²) in [5.41, 5.74) is -0.109. The zero-order chi connectivity index (χ0) is 26.2. The lowest BCUT2D eigenvalue weighted by Gasteiger charge is -2.12. The fourth-order valence-electron chi connectivity index (χ4n) is 2.96. The summed E-state index contributed by atoms with van der Waals surface area (Å²) >= 11 is 5.84. The van der Waals surface area contributed by atoms with E-state index in [2.05, 4.69) is 5.32 Å². The van der Waals surface area contributed by atoms with Gasteiger partial charge < -0.3 is 19.9 Å². The number of non-ortho nitro benzene ring substituents is 1. The molecule has 0 aliphatic carbocycles. The summed E-state index contributed by atoms with van der Waals surface area (Å²) < 4.78 is 11.0. The first-order valence-electron chi connectivity index (χ1n) is 10.4. The van der Waals surface area contributed by atoms with Crippen molar-refractivity contribution in [2.24, 2.45) is 0 Å². The zero-order valence-corrected chi connectivity index (χ0v) is 19.5.